The van der Waals surface area contributed by atoms with Crippen LogP contribution >= 0.6 is 11.8 Å². The molecule has 16 heavy (non-hydrogen) atoms. The van der Waals surface area contributed by atoms with Gasteiger partial charge >= 0.3 is 0 Å². The number of hydrogen-bond donors (Lipinski definition) is 2. The lowest BCUT2D eigenvalue weighted by Gasteiger charge is -2.04. The van der Waals surface area contributed by atoms with Crippen LogP contribution in [-0.4, -0.2) is 20.2 Å². The molecular weight excluding hydrogens is 222 g/mol. The Kier molecular flexibility index (Phi) is 3.21. The average molecular weight is 235 g/mol. The number of aryl methyl sites for hydroxylation is 1. The van der Waals surface area contributed by atoms with Crippen molar-refractivity contribution in [1.82, 2.24) is 20.2 Å². The molecule has 84 valence electrons. The SMILES string of the molecule is Cc1nc(Sc2ccc([C@@H](C)N)nc2)n[nH]1. The van der Waals surface area contributed by atoms with Crippen molar-refractivity contribution >= 4 is 11.8 Å². The van der Waals surface area contributed by atoms with Crippen LogP contribution in [0, 0.1) is 6.92 Å². The fourth-order valence-electron chi connectivity index (χ4n) is 1.19. The molecule has 0 aliphatic heterocycles. The lowest BCUT2D eigenvalue weighted by Crippen LogP contribution is -2.06. The third-order valence-electron chi connectivity index (χ3n) is 2.01. The zero-order valence-electron chi connectivity index (χ0n) is 9.14. The van der Waals surface area contributed by atoms with Crippen molar-refractivity contribution in [3.63, 3.8) is 0 Å². The molecule has 0 bridgehead atoms. The molecule has 2 aromatic heterocycles. The lowest BCUT2D eigenvalue weighted by molar-refractivity contribution is 0.777. The van der Waals surface area contributed by atoms with Gasteiger partial charge in [-0.3, -0.25) is 10.1 Å². The molecule has 2 rings (SSSR count). The predicted octanol–water partition coefficient (Wildman–Crippen LogP) is 1.68. The third-order valence-corrected chi connectivity index (χ3v) is 2.85. The number of aromatic nitrogens is 4. The predicted molar refractivity (Wildman–Crippen MR) is 62.1 cm³/mol. The highest BCUT2D eigenvalue weighted by Gasteiger charge is 2.04. The van der Waals surface area contributed by atoms with Crippen molar-refractivity contribution in [3.8, 4) is 0 Å². The van der Waals surface area contributed by atoms with Crippen molar-refractivity contribution < 1.29 is 0 Å². The van der Waals surface area contributed by atoms with Crippen LogP contribution in [0.3, 0.4) is 0 Å². The number of hydrogen-bond acceptors (Lipinski definition) is 5. The molecular formula is C10H13N5S. The van der Waals surface area contributed by atoms with E-state index in [1.807, 2.05) is 26.0 Å². The van der Waals surface area contributed by atoms with Crippen LogP contribution in [0.15, 0.2) is 28.4 Å². The van der Waals surface area contributed by atoms with Crippen LogP contribution in [-0.2, 0) is 0 Å². The number of nitrogens with zero attached hydrogens (tertiary/aromatic N) is 3. The number of nitrogens with one attached hydrogen (secondary N) is 1. The van der Waals surface area contributed by atoms with Crippen LogP contribution in [0.2, 0.25) is 0 Å². The first kappa shape index (κ1) is 11.1. The highest BCUT2D eigenvalue weighted by Crippen LogP contribution is 2.24. The topological polar surface area (TPSA) is 80.5 Å². The number of aromatic amines is 1. The first-order valence-corrected chi connectivity index (χ1v) is 5.75. The Bertz CT molecular complexity index is 462. The molecule has 3 N–H and O–H groups in total. The average Bonchev–Trinajstić information content (AvgIpc) is 2.65. The molecule has 0 aromatic carbocycles. The van der Waals surface area contributed by atoms with E-state index in [0.29, 0.717) is 5.16 Å². The number of H-pyrrole nitrogens is 1. The van der Waals surface area contributed by atoms with Gasteiger partial charge in [0.1, 0.15) is 5.82 Å². The highest BCUT2D eigenvalue weighted by atomic mass is 32.2. The van der Waals surface area contributed by atoms with E-state index in [9.17, 15) is 0 Å². The van der Waals surface area contributed by atoms with Crippen molar-refractivity contribution in [3.05, 3.63) is 29.8 Å². The van der Waals surface area contributed by atoms with Crippen LogP contribution in [0.25, 0.3) is 0 Å². The summed E-state index contributed by atoms with van der Waals surface area (Å²) in [5.41, 5.74) is 6.61. The number of rotatable bonds is 3. The smallest absolute Gasteiger partial charge is 0.213 e. The first-order valence-electron chi connectivity index (χ1n) is 4.93. The van der Waals surface area contributed by atoms with Crippen LogP contribution < -0.4 is 5.73 Å². The minimum Gasteiger partial charge on any atom is -0.323 e. The largest absolute Gasteiger partial charge is 0.323 e. The quantitative estimate of drug-likeness (QED) is 0.846. The second-order valence-corrected chi connectivity index (χ2v) is 4.55. The van der Waals surface area contributed by atoms with E-state index < -0.39 is 0 Å². The van der Waals surface area contributed by atoms with Gasteiger partial charge in [0.05, 0.1) is 5.69 Å². The molecule has 0 saturated carbocycles. The Hall–Kier alpha value is -1.40. The zero-order valence-corrected chi connectivity index (χ0v) is 9.95. The molecule has 0 spiro atoms. The standard InChI is InChI=1S/C10H13N5S/c1-6(11)9-4-3-8(5-12-9)16-10-13-7(2)14-15-10/h3-6H,11H2,1-2H3,(H,13,14,15)/t6-/m1/s1. The van der Waals surface area contributed by atoms with Gasteiger partial charge in [0.15, 0.2) is 0 Å². The first-order chi connectivity index (χ1) is 7.65. The van der Waals surface area contributed by atoms with Crippen LogP contribution in [0.1, 0.15) is 24.5 Å². The van der Waals surface area contributed by atoms with E-state index in [1.54, 1.807) is 6.20 Å². The molecule has 0 aliphatic rings. The van der Waals surface area contributed by atoms with Gasteiger partial charge in [0.25, 0.3) is 0 Å². The number of nitrogens with two attached hydrogens (primary N) is 1. The van der Waals surface area contributed by atoms with E-state index >= 15 is 0 Å². The molecule has 0 amide bonds. The summed E-state index contributed by atoms with van der Waals surface area (Å²) in [6, 6.07) is 3.86. The third kappa shape index (κ3) is 2.59. The molecule has 1 atom stereocenters. The molecule has 2 aromatic rings. The Balaban J connectivity index is 2.11. The fourth-order valence-corrected chi connectivity index (χ4v) is 1.92. The second kappa shape index (κ2) is 4.63. The molecule has 2 heterocycles. The van der Waals surface area contributed by atoms with Crippen molar-refractivity contribution in [1.29, 1.82) is 0 Å². The Morgan fingerprint density at radius 3 is 2.75 bits per heavy atom. The molecule has 0 fully saturated rings. The summed E-state index contributed by atoms with van der Waals surface area (Å²) in [5, 5.41) is 7.54. The molecule has 0 saturated heterocycles. The van der Waals surface area contributed by atoms with Crippen molar-refractivity contribution in [2.75, 3.05) is 0 Å². The maximum absolute atomic E-state index is 5.72. The monoisotopic (exact) mass is 235 g/mol. The van der Waals surface area contributed by atoms with Gasteiger partial charge in [-0.15, -0.1) is 5.10 Å². The van der Waals surface area contributed by atoms with Gasteiger partial charge < -0.3 is 5.73 Å². The van der Waals surface area contributed by atoms with Crippen LogP contribution in [0.5, 0.6) is 0 Å². The summed E-state index contributed by atoms with van der Waals surface area (Å²) in [4.78, 5) is 9.48. The Morgan fingerprint density at radius 2 is 2.25 bits per heavy atom. The van der Waals surface area contributed by atoms with E-state index in [2.05, 4.69) is 20.2 Å². The summed E-state index contributed by atoms with van der Waals surface area (Å²) in [7, 11) is 0. The van der Waals surface area contributed by atoms with Gasteiger partial charge in [-0.1, -0.05) is 0 Å². The van der Waals surface area contributed by atoms with Crippen molar-refractivity contribution in [2.45, 2.75) is 29.9 Å². The highest BCUT2D eigenvalue weighted by molar-refractivity contribution is 7.99. The molecule has 0 unspecified atom stereocenters. The summed E-state index contributed by atoms with van der Waals surface area (Å²) in [6.07, 6.45) is 1.79. The Labute approximate surface area is 97.9 Å². The number of pyridine rings is 1. The van der Waals surface area contributed by atoms with Gasteiger partial charge in [-0.25, -0.2) is 4.98 Å². The molecule has 6 heteroatoms. The van der Waals surface area contributed by atoms with E-state index in [-0.39, 0.29) is 6.04 Å². The second-order valence-electron chi connectivity index (χ2n) is 3.51. The minimum absolute atomic E-state index is 0.0372. The van der Waals surface area contributed by atoms with Crippen LogP contribution in [0.4, 0.5) is 0 Å². The van der Waals surface area contributed by atoms with Gasteiger partial charge in [-0.2, -0.15) is 0 Å². The van der Waals surface area contributed by atoms with E-state index in [4.69, 9.17) is 5.73 Å². The minimum atomic E-state index is -0.0372. The Morgan fingerprint density at radius 1 is 1.44 bits per heavy atom. The van der Waals surface area contributed by atoms with Gasteiger partial charge in [-0.05, 0) is 37.7 Å². The van der Waals surface area contributed by atoms with Gasteiger partial charge in [0, 0.05) is 17.1 Å². The summed E-state index contributed by atoms with van der Waals surface area (Å²) < 4.78 is 0. The van der Waals surface area contributed by atoms with Crippen molar-refractivity contribution in [2.24, 2.45) is 5.73 Å². The summed E-state index contributed by atoms with van der Waals surface area (Å²) in [6.45, 7) is 3.78. The van der Waals surface area contributed by atoms with Gasteiger partial charge in [0.2, 0.25) is 5.16 Å². The zero-order chi connectivity index (χ0) is 11.5. The van der Waals surface area contributed by atoms with E-state index in [0.717, 1.165) is 16.4 Å². The summed E-state index contributed by atoms with van der Waals surface area (Å²) >= 11 is 1.47. The van der Waals surface area contributed by atoms with E-state index in [1.165, 1.54) is 11.8 Å². The summed E-state index contributed by atoms with van der Waals surface area (Å²) in [5.74, 6) is 0.808. The normalized spacial score (nSPS) is 12.7. The lowest BCUT2D eigenvalue weighted by atomic mass is 10.2. The molecule has 0 aliphatic carbocycles. The molecule has 0 radical (unpaired) electrons. The maximum atomic E-state index is 5.72. The maximum Gasteiger partial charge on any atom is 0.213 e. The molecule has 5 nitrogen and oxygen atoms in total. The fraction of sp³-hybridized carbons (Fsp3) is 0.300.